The lowest BCUT2D eigenvalue weighted by Crippen LogP contribution is -1.80. The SMILES string of the molecule is [2H]C1=NCCO1. The van der Waals surface area contributed by atoms with Crippen LogP contribution in [0.4, 0.5) is 0 Å². The third-order valence-corrected chi connectivity index (χ3v) is 0.434. The van der Waals surface area contributed by atoms with Crippen LogP contribution in [0.5, 0.6) is 0 Å². The molecule has 0 aromatic carbocycles. The van der Waals surface area contributed by atoms with Gasteiger partial charge >= 0.3 is 0 Å². The summed E-state index contributed by atoms with van der Waals surface area (Å²) in [5, 5.41) is 0. The Morgan fingerprint density at radius 2 is 3.20 bits per heavy atom. The van der Waals surface area contributed by atoms with Crippen molar-refractivity contribution in [1.82, 2.24) is 0 Å². The highest BCUT2D eigenvalue weighted by atomic mass is 16.5. The van der Waals surface area contributed by atoms with Crippen molar-refractivity contribution < 1.29 is 6.11 Å². The Labute approximate surface area is 31.9 Å². The van der Waals surface area contributed by atoms with E-state index in [1.165, 1.54) is 0 Å². The quantitative estimate of drug-likeness (QED) is 0.396. The van der Waals surface area contributed by atoms with Crippen LogP contribution < -0.4 is 0 Å². The first kappa shape index (κ1) is 1.80. The van der Waals surface area contributed by atoms with Gasteiger partial charge < -0.3 is 4.74 Å². The molecule has 0 amide bonds. The third-order valence-electron chi connectivity index (χ3n) is 0.434. The second-order valence-electron chi connectivity index (χ2n) is 0.821. The van der Waals surface area contributed by atoms with Crippen molar-refractivity contribution >= 4 is 6.38 Å². The third kappa shape index (κ3) is 0.375. The predicted molar refractivity (Wildman–Crippen MR) is 19.3 cm³/mol. The number of nitrogens with zero attached hydrogens (tertiary/aromatic N) is 1. The molecule has 0 fully saturated rings. The van der Waals surface area contributed by atoms with Gasteiger partial charge in [-0.15, -0.1) is 0 Å². The smallest absolute Gasteiger partial charge is 0.169 e. The van der Waals surface area contributed by atoms with E-state index < -0.39 is 0 Å². The Morgan fingerprint density at radius 3 is 3.40 bits per heavy atom. The number of aliphatic imine (C=N–C) groups is 1. The van der Waals surface area contributed by atoms with Gasteiger partial charge in [0.2, 0.25) is 0 Å². The second-order valence-corrected chi connectivity index (χ2v) is 0.821. The number of rotatable bonds is 0. The summed E-state index contributed by atoms with van der Waals surface area (Å²) in [5.41, 5.74) is 0. The normalized spacial score (nSPS) is 24.0. The standard InChI is InChI=1S/C3H5NO/c1-2-5-3-4-1/h3H,1-2H2/i3D. The molecule has 0 unspecified atom stereocenters. The van der Waals surface area contributed by atoms with Gasteiger partial charge in [0, 0.05) is 0 Å². The van der Waals surface area contributed by atoms with E-state index in [0.29, 0.717) is 13.2 Å². The lowest BCUT2D eigenvalue weighted by molar-refractivity contribution is 0.361. The summed E-state index contributed by atoms with van der Waals surface area (Å²) >= 11 is 0. The van der Waals surface area contributed by atoms with Crippen molar-refractivity contribution in [2.45, 2.75) is 0 Å². The molecule has 1 rings (SSSR count). The first-order valence-corrected chi connectivity index (χ1v) is 1.53. The van der Waals surface area contributed by atoms with E-state index in [2.05, 4.69) is 9.73 Å². The highest BCUT2D eigenvalue weighted by Crippen LogP contribution is 1.78. The molecule has 0 aromatic heterocycles. The number of hydrogen-bond donors (Lipinski definition) is 0. The van der Waals surface area contributed by atoms with Crippen molar-refractivity contribution in [2.75, 3.05) is 13.2 Å². The van der Waals surface area contributed by atoms with Gasteiger partial charge in [0.1, 0.15) is 7.98 Å². The molecule has 1 aliphatic rings. The summed E-state index contributed by atoms with van der Waals surface area (Å²) in [7, 11) is 0. The van der Waals surface area contributed by atoms with E-state index in [0.717, 1.165) is 0 Å². The Bertz CT molecular complexity index is 80.9. The van der Waals surface area contributed by atoms with Crippen LogP contribution in [0.3, 0.4) is 0 Å². The molecule has 1 heterocycles. The van der Waals surface area contributed by atoms with Crippen molar-refractivity contribution in [2.24, 2.45) is 4.99 Å². The van der Waals surface area contributed by atoms with E-state index in [9.17, 15) is 0 Å². The summed E-state index contributed by atoms with van der Waals surface area (Å²) in [6.07, 6.45) is 0.0787. The predicted octanol–water partition coefficient (Wildman–Crippen LogP) is 0.0449. The summed E-state index contributed by atoms with van der Waals surface area (Å²) in [5.74, 6) is 0. The van der Waals surface area contributed by atoms with E-state index in [4.69, 9.17) is 1.37 Å². The lowest BCUT2D eigenvalue weighted by atomic mass is 10.8. The molecule has 0 aromatic rings. The fourth-order valence-electron chi connectivity index (χ4n) is 0.228. The molecule has 0 spiro atoms. The van der Waals surface area contributed by atoms with Gasteiger partial charge in [0.15, 0.2) is 6.38 Å². The first-order valence-electron chi connectivity index (χ1n) is 2.03. The zero-order valence-electron chi connectivity index (χ0n) is 3.77. The van der Waals surface area contributed by atoms with Gasteiger partial charge in [0.05, 0.1) is 6.54 Å². The van der Waals surface area contributed by atoms with Crippen molar-refractivity contribution in [1.29, 1.82) is 0 Å². The Morgan fingerprint density at radius 1 is 2.20 bits per heavy atom. The maximum Gasteiger partial charge on any atom is 0.169 e. The molecule has 5 heavy (non-hydrogen) atoms. The minimum Gasteiger partial charge on any atom is -0.482 e. The summed E-state index contributed by atoms with van der Waals surface area (Å²) in [6.45, 7) is 1.26. The molecule has 28 valence electrons. The van der Waals surface area contributed by atoms with Crippen molar-refractivity contribution in [3.63, 3.8) is 0 Å². The molecule has 0 saturated heterocycles. The molecule has 0 saturated carbocycles. The van der Waals surface area contributed by atoms with Crippen LogP contribution in [0, 0.1) is 0 Å². The van der Waals surface area contributed by atoms with E-state index in [1.54, 1.807) is 0 Å². The van der Waals surface area contributed by atoms with Gasteiger partial charge in [-0.25, -0.2) is 0 Å². The summed E-state index contributed by atoms with van der Waals surface area (Å²) in [4.78, 5) is 3.60. The van der Waals surface area contributed by atoms with Gasteiger partial charge in [-0.2, -0.15) is 0 Å². The zero-order chi connectivity index (χ0) is 4.41. The van der Waals surface area contributed by atoms with E-state index in [1.807, 2.05) is 0 Å². The van der Waals surface area contributed by atoms with Crippen LogP contribution >= 0.6 is 0 Å². The zero-order valence-corrected chi connectivity index (χ0v) is 2.77. The molecule has 0 N–H and O–H groups in total. The lowest BCUT2D eigenvalue weighted by Gasteiger charge is -1.76. The maximum atomic E-state index is 6.66. The molecule has 0 bridgehead atoms. The largest absolute Gasteiger partial charge is 0.482 e. The highest BCUT2D eigenvalue weighted by Gasteiger charge is 1.84. The summed E-state index contributed by atoms with van der Waals surface area (Å²) < 4.78 is 11.2. The fourth-order valence-corrected chi connectivity index (χ4v) is 0.228. The van der Waals surface area contributed by atoms with E-state index >= 15 is 0 Å². The topological polar surface area (TPSA) is 21.6 Å². The van der Waals surface area contributed by atoms with Crippen molar-refractivity contribution in [3.8, 4) is 0 Å². The second kappa shape index (κ2) is 1.06. The van der Waals surface area contributed by atoms with Gasteiger partial charge in [0.25, 0.3) is 0 Å². The van der Waals surface area contributed by atoms with Crippen LogP contribution in [-0.2, 0) is 4.74 Å². The van der Waals surface area contributed by atoms with Crippen LogP contribution in [0.2, 0.25) is 0 Å². The van der Waals surface area contributed by atoms with Crippen LogP contribution in [0.1, 0.15) is 1.37 Å². The molecule has 2 heteroatoms. The Kier molecular flexibility index (Phi) is 0.381. The average molecular weight is 72.1 g/mol. The maximum absolute atomic E-state index is 6.66. The van der Waals surface area contributed by atoms with Crippen LogP contribution in [0.15, 0.2) is 4.99 Å². The highest BCUT2D eigenvalue weighted by molar-refractivity contribution is 5.47. The van der Waals surface area contributed by atoms with Gasteiger partial charge in [-0.1, -0.05) is 0 Å². The first-order chi connectivity index (χ1) is 2.89. The van der Waals surface area contributed by atoms with Crippen LogP contribution in [-0.4, -0.2) is 19.5 Å². The monoisotopic (exact) mass is 72.0 g/mol. The molecular weight excluding hydrogens is 66.0 g/mol. The molecule has 2 nitrogen and oxygen atoms in total. The van der Waals surface area contributed by atoms with Crippen LogP contribution in [0.25, 0.3) is 0 Å². The minimum absolute atomic E-state index is 0.0787. The minimum atomic E-state index is 0.0787. The summed E-state index contributed by atoms with van der Waals surface area (Å²) in [6, 6.07) is 0. The van der Waals surface area contributed by atoms with E-state index in [-0.39, 0.29) is 6.38 Å². The average Bonchev–Trinajstić information content (AvgIpc) is 1.86. The molecule has 0 radical (unpaired) electrons. The van der Waals surface area contributed by atoms with Crippen molar-refractivity contribution in [3.05, 3.63) is 0 Å². The molecule has 0 aliphatic carbocycles. The Balaban J connectivity index is 2.45. The van der Waals surface area contributed by atoms with Gasteiger partial charge in [-0.3, -0.25) is 4.99 Å². The fraction of sp³-hybridized carbons (Fsp3) is 0.667. The molecule has 0 atom stereocenters. The Hall–Kier alpha value is -0.530. The molecular formula is C3H5NO. The number of ether oxygens (including phenoxy) is 1. The number of hydrogen-bond acceptors (Lipinski definition) is 2. The van der Waals surface area contributed by atoms with Gasteiger partial charge in [-0.05, 0) is 0 Å². The molecule has 1 aliphatic heterocycles.